The molecule has 1 atom stereocenters. The van der Waals surface area contributed by atoms with E-state index in [4.69, 9.17) is 5.73 Å². The standard InChI is InChI=1S/C20H35N3O2.ClH/c1-20(13-21,16-8-9-16)23-19(25)15-6-10-17(11-7-15)22-18(24)12-14-4-2-3-5-14;/h14-17H,2-13,21H2,1H3,(H,22,24)(H,23,25);1H. The second-order valence-corrected chi connectivity index (χ2v) is 8.86. The fraction of sp³-hybridized carbons (Fsp3) is 0.900. The first-order valence-electron chi connectivity index (χ1n) is 10.3. The lowest BCUT2D eigenvalue weighted by Gasteiger charge is -2.34. The Morgan fingerprint density at radius 1 is 1.00 bits per heavy atom. The Labute approximate surface area is 164 Å². The third-order valence-corrected chi connectivity index (χ3v) is 6.72. The van der Waals surface area contributed by atoms with E-state index in [9.17, 15) is 9.59 Å². The zero-order valence-electron chi connectivity index (χ0n) is 16.1. The van der Waals surface area contributed by atoms with Gasteiger partial charge in [0.15, 0.2) is 0 Å². The van der Waals surface area contributed by atoms with E-state index in [0.717, 1.165) is 25.7 Å². The van der Waals surface area contributed by atoms with Crippen LogP contribution in [0, 0.1) is 17.8 Å². The van der Waals surface area contributed by atoms with E-state index < -0.39 is 0 Å². The summed E-state index contributed by atoms with van der Waals surface area (Å²) >= 11 is 0. The van der Waals surface area contributed by atoms with E-state index >= 15 is 0 Å². The monoisotopic (exact) mass is 385 g/mol. The van der Waals surface area contributed by atoms with E-state index in [1.807, 2.05) is 0 Å². The number of hydrogen-bond donors (Lipinski definition) is 3. The molecule has 3 rings (SSSR count). The topological polar surface area (TPSA) is 84.2 Å². The minimum absolute atomic E-state index is 0. The Morgan fingerprint density at radius 3 is 2.15 bits per heavy atom. The highest BCUT2D eigenvalue weighted by molar-refractivity contribution is 5.85. The van der Waals surface area contributed by atoms with Gasteiger partial charge in [0.1, 0.15) is 0 Å². The van der Waals surface area contributed by atoms with Crippen LogP contribution in [-0.4, -0.2) is 29.9 Å². The van der Waals surface area contributed by atoms with Gasteiger partial charge in [-0.1, -0.05) is 12.8 Å². The third kappa shape index (κ3) is 5.59. The summed E-state index contributed by atoms with van der Waals surface area (Å²) in [5.41, 5.74) is 5.67. The fourth-order valence-electron chi connectivity index (χ4n) is 4.69. The molecule has 1 unspecified atom stereocenters. The van der Waals surface area contributed by atoms with Crippen LogP contribution in [0.3, 0.4) is 0 Å². The van der Waals surface area contributed by atoms with E-state index in [1.165, 1.54) is 38.5 Å². The minimum Gasteiger partial charge on any atom is -0.353 e. The van der Waals surface area contributed by atoms with Gasteiger partial charge >= 0.3 is 0 Å². The number of halogens is 1. The Bertz CT molecular complexity index is 483. The second kappa shape index (κ2) is 9.41. The van der Waals surface area contributed by atoms with E-state index in [2.05, 4.69) is 17.6 Å². The van der Waals surface area contributed by atoms with Crippen molar-refractivity contribution in [2.45, 2.75) is 89.1 Å². The quantitative estimate of drug-likeness (QED) is 0.629. The van der Waals surface area contributed by atoms with Crippen LogP contribution in [0.25, 0.3) is 0 Å². The maximum atomic E-state index is 12.6. The normalized spacial score (nSPS) is 28.7. The molecule has 0 aromatic heterocycles. The highest BCUT2D eigenvalue weighted by Crippen LogP contribution is 2.39. The molecule has 0 spiro atoms. The van der Waals surface area contributed by atoms with Crippen molar-refractivity contribution >= 4 is 24.2 Å². The van der Waals surface area contributed by atoms with Crippen LogP contribution in [0.15, 0.2) is 0 Å². The van der Waals surface area contributed by atoms with Gasteiger partial charge in [0.05, 0.1) is 5.54 Å². The fourth-order valence-corrected chi connectivity index (χ4v) is 4.69. The van der Waals surface area contributed by atoms with E-state index in [1.54, 1.807) is 0 Å². The van der Waals surface area contributed by atoms with Crippen LogP contribution >= 0.6 is 12.4 Å². The van der Waals surface area contributed by atoms with Crippen molar-refractivity contribution in [1.82, 2.24) is 10.6 Å². The van der Waals surface area contributed by atoms with Gasteiger partial charge in [-0.2, -0.15) is 0 Å². The molecular weight excluding hydrogens is 350 g/mol. The van der Waals surface area contributed by atoms with Gasteiger partial charge in [-0.15, -0.1) is 12.4 Å². The Morgan fingerprint density at radius 2 is 1.62 bits per heavy atom. The summed E-state index contributed by atoms with van der Waals surface area (Å²) in [6.07, 6.45) is 11.6. The first-order valence-corrected chi connectivity index (χ1v) is 10.3. The van der Waals surface area contributed by atoms with Gasteiger partial charge in [0.25, 0.3) is 0 Å². The van der Waals surface area contributed by atoms with E-state index in [0.29, 0.717) is 24.8 Å². The molecule has 4 N–H and O–H groups in total. The summed E-state index contributed by atoms with van der Waals surface area (Å²) in [6.45, 7) is 2.59. The maximum absolute atomic E-state index is 12.6. The van der Waals surface area contributed by atoms with Crippen LogP contribution in [-0.2, 0) is 9.59 Å². The first-order chi connectivity index (χ1) is 12.0. The smallest absolute Gasteiger partial charge is 0.223 e. The molecule has 0 aromatic carbocycles. The van der Waals surface area contributed by atoms with Crippen molar-refractivity contribution in [2.24, 2.45) is 23.5 Å². The predicted octanol–water partition coefficient (Wildman–Crippen LogP) is 2.91. The van der Waals surface area contributed by atoms with Crippen molar-refractivity contribution in [3.63, 3.8) is 0 Å². The molecule has 0 saturated heterocycles. The zero-order chi connectivity index (χ0) is 17.9. The van der Waals surface area contributed by atoms with Gasteiger partial charge in [0.2, 0.25) is 11.8 Å². The molecule has 0 heterocycles. The summed E-state index contributed by atoms with van der Waals surface area (Å²) in [5, 5.41) is 6.43. The molecule has 26 heavy (non-hydrogen) atoms. The van der Waals surface area contributed by atoms with Gasteiger partial charge in [-0.3, -0.25) is 9.59 Å². The molecule has 0 bridgehead atoms. The molecule has 6 heteroatoms. The van der Waals surface area contributed by atoms with Gasteiger partial charge < -0.3 is 16.4 Å². The molecule has 3 aliphatic rings. The number of hydrogen-bond acceptors (Lipinski definition) is 3. The predicted molar refractivity (Wildman–Crippen MR) is 106 cm³/mol. The summed E-state index contributed by atoms with van der Waals surface area (Å²) in [6, 6.07) is 0.252. The molecule has 3 fully saturated rings. The molecule has 3 aliphatic carbocycles. The molecule has 2 amide bonds. The molecule has 0 aromatic rings. The van der Waals surface area contributed by atoms with Crippen LogP contribution in [0.5, 0.6) is 0 Å². The lowest BCUT2D eigenvalue weighted by Crippen LogP contribution is -2.55. The van der Waals surface area contributed by atoms with Gasteiger partial charge in [0, 0.05) is 24.9 Å². The number of carbonyl (C=O) groups excluding carboxylic acids is 2. The van der Waals surface area contributed by atoms with Crippen molar-refractivity contribution in [2.75, 3.05) is 6.54 Å². The maximum Gasteiger partial charge on any atom is 0.223 e. The highest BCUT2D eigenvalue weighted by Gasteiger charge is 2.42. The lowest BCUT2D eigenvalue weighted by atomic mass is 9.84. The largest absolute Gasteiger partial charge is 0.353 e. The molecule has 150 valence electrons. The Kier molecular flexibility index (Phi) is 7.77. The van der Waals surface area contributed by atoms with Crippen molar-refractivity contribution in [1.29, 1.82) is 0 Å². The summed E-state index contributed by atoms with van der Waals surface area (Å²) < 4.78 is 0. The van der Waals surface area contributed by atoms with Gasteiger partial charge in [-0.05, 0) is 70.1 Å². The molecule has 3 saturated carbocycles. The average molecular weight is 386 g/mol. The SMILES string of the molecule is CC(CN)(NC(=O)C1CCC(NC(=O)CC2CCCC2)CC1)C1CC1.Cl. The average Bonchev–Trinajstić information content (AvgIpc) is 3.35. The summed E-state index contributed by atoms with van der Waals surface area (Å²) in [4.78, 5) is 24.8. The van der Waals surface area contributed by atoms with Crippen LogP contribution in [0.1, 0.15) is 77.6 Å². The minimum atomic E-state index is -0.233. The summed E-state index contributed by atoms with van der Waals surface area (Å²) in [7, 11) is 0. The number of nitrogens with two attached hydrogens (primary N) is 1. The van der Waals surface area contributed by atoms with E-state index in [-0.39, 0.29) is 41.7 Å². The van der Waals surface area contributed by atoms with Gasteiger partial charge in [-0.25, -0.2) is 0 Å². The Balaban J connectivity index is 0.00000243. The third-order valence-electron chi connectivity index (χ3n) is 6.72. The summed E-state index contributed by atoms with van der Waals surface area (Å²) in [5.74, 6) is 1.60. The van der Waals surface area contributed by atoms with Crippen LogP contribution < -0.4 is 16.4 Å². The van der Waals surface area contributed by atoms with Crippen molar-refractivity contribution in [3.05, 3.63) is 0 Å². The lowest BCUT2D eigenvalue weighted by molar-refractivity contribution is -0.128. The molecule has 5 nitrogen and oxygen atoms in total. The highest BCUT2D eigenvalue weighted by atomic mass is 35.5. The number of rotatable bonds is 7. The zero-order valence-corrected chi connectivity index (χ0v) is 16.9. The second-order valence-electron chi connectivity index (χ2n) is 8.86. The molecule has 0 radical (unpaired) electrons. The van der Waals surface area contributed by atoms with Crippen LogP contribution in [0.4, 0.5) is 0 Å². The van der Waals surface area contributed by atoms with Crippen molar-refractivity contribution in [3.8, 4) is 0 Å². The molecular formula is C20H36ClN3O2. The van der Waals surface area contributed by atoms with Crippen LogP contribution in [0.2, 0.25) is 0 Å². The Hall–Kier alpha value is -0.810. The molecule has 0 aliphatic heterocycles. The number of carbonyl (C=O) groups is 2. The van der Waals surface area contributed by atoms with Crippen molar-refractivity contribution < 1.29 is 9.59 Å². The first kappa shape index (κ1) is 21.5. The number of nitrogens with one attached hydrogen (secondary N) is 2. The number of amides is 2.